The third kappa shape index (κ3) is 2.82. The number of amides is 2. The van der Waals surface area contributed by atoms with Gasteiger partial charge in [0, 0.05) is 17.2 Å². The standard InChI is InChI=1S/C10H14N4O2/c15-10(12-8-3-1-2-4-8)13-9-5-6-14(16)11-7-9/h5-8H,1-4H2,(H2,12,13,15). The van der Waals surface area contributed by atoms with Crippen molar-refractivity contribution in [3.05, 3.63) is 23.7 Å². The summed E-state index contributed by atoms with van der Waals surface area (Å²) in [4.78, 5) is 11.9. The van der Waals surface area contributed by atoms with Crippen molar-refractivity contribution < 1.29 is 9.64 Å². The Morgan fingerprint density at radius 1 is 1.50 bits per heavy atom. The van der Waals surface area contributed by atoms with E-state index in [4.69, 9.17) is 0 Å². The topological polar surface area (TPSA) is 81.0 Å². The second-order valence-electron chi connectivity index (χ2n) is 3.90. The molecule has 1 aliphatic carbocycles. The van der Waals surface area contributed by atoms with Gasteiger partial charge < -0.3 is 15.8 Å². The highest BCUT2D eigenvalue weighted by Crippen LogP contribution is 2.17. The van der Waals surface area contributed by atoms with Crippen molar-refractivity contribution in [2.45, 2.75) is 31.7 Å². The number of hydrogen-bond acceptors (Lipinski definition) is 3. The lowest BCUT2D eigenvalue weighted by molar-refractivity contribution is -0.669. The molecule has 1 aromatic rings. The van der Waals surface area contributed by atoms with E-state index in [1.807, 2.05) is 0 Å². The Bertz CT molecular complexity index is 360. The first-order valence-electron chi connectivity index (χ1n) is 5.37. The quantitative estimate of drug-likeness (QED) is 0.573. The molecule has 0 spiro atoms. The van der Waals surface area contributed by atoms with Gasteiger partial charge in [-0.2, -0.15) is 0 Å². The first-order chi connectivity index (χ1) is 7.74. The number of nitrogens with zero attached hydrogens (tertiary/aromatic N) is 2. The zero-order valence-electron chi connectivity index (χ0n) is 8.85. The van der Waals surface area contributed by atoms with Crippen LogP contribution >= 0.6 is 0 Å². The Morgan fingerprint density at radius 3 is 2.88 bits per heavy atom. The molecular formula is C10H14N4O2. The molecule has 2 N–H and O–H groups in total. The fourth-order valence-corrected chi connectivity index (χ4v) is 1.84. The van der Waals surface area contributed by atoms with Crippen LogP contribution in [0.3, 0.4) is 0 Å². The molecule has 0 aromatic carbocycles. The van der Waals surface area contributed by atoms with Crippen molar-refractivity contribution >= 4 is 11.7 Å². The molecule has 0 aliphatic heterocycles. The summed E-state index contributed by atoms with van der Waals surface area (Å²) >= 11 is 0. The number of hydrogen-bond donors (Lipinski definition) is 2. The molecular weight excluding hydrogens is 208 g/mol. The number of urea groups is 1. The van der Waals surface area contributed by atoms with E-state index in [9.17, 15) is 10.0 Å². The number of carbonyl (C=O) groups is 1. The molecule has 0 bridgehead atoms. The molecule has 16 heavy (non-hydrogen) atoms. The highest BCUT2D eigenvalue weighted by Gasteiger charge is 2.16. The molecule has 1 heterocycles. The van der Waals surface area contributed by atoms with Gasteiger partial charge in [0.2, 0.25) is 6.20 Å². The monoisotopic (exact) mass is 222 g/mol. The third-order valence-corrected chi connectivity index (χ3v) is 2.64. The molecule has 1 fully saturated rings. The summed E-state index contributed by atoms with van der Waals surface area (Å²) in [5.41, 5.74) is 0.516. The van der Waals surface area contributed by atoms with Gasteiger partial charge in [-0.1, -0.05) is 17.7 Å². The minimum absolute atomic E-state index is 0.239. The summed E-state index contributed by atoms with van der Waals surface area (Å²) in [5.74, 6) is 0. The summed E-state index contributed by atoms with van der Waals surface area (Å²) in [6.07, 6.45) is 7.00. The first kappa shape index (κ1) is 10.7. The number of nitrogens with one attached hydrogen (secondary N) is 2. The lowest BCUT2D eigenvalue weighted by atomic mass is 10.2. The number of carbonyl (C=O) groups excluding carboxylic acids is 1. The van der Waals surface area contributed by atoms with Crippen LogP contribution in [0.1, 0.15) is 25.7 Å². The normalized spacial score (nSPS) is 16.0. The molecule has 1 aliphatic rings. The van der Waals surface area contributed by atoms with Gasteiger partial charge in [0.25, 0.3) is 0 Å². The molecule has 2 rings (SSSR count). The van der Waals surface area contributed by atoms with Crippen LogP contribution < -0.4 is 15.5 Å². The second kappa shape index (κ2) is 4.78. The number of rotatable bonds is 2. The maximum Gasteiger partial charge on any atom is 0.319 e. The number of anilines is 1. The van der Waals surface area contributed by atoms with Crippen LogP contribution in [0.4, 0.5) is 10.5 Å². The van der Waals surface area contributed by atoms with Crippen molar-refractivity contribution in [2.75, 3.05) is 5.32 Å². The molecule has 0 saturated heterocycles. The largest absolute Gasteiger partial charge is 0.594 e. The molecule has 86 valence electrons. The lowest BCUT2D eigenvalue weighted by Gasteiger charge is -2.12. The van der Waals surface area contributed by atoms with E-state index >= 15 is 0 Å². The van der Waals surface area contributed by atoms with Gasteiger partial charge in [-0.25, -0.2) is 4.79 Å². The third-order valence-electron chi connectivity index (χ3n) is 2.64. The Kier molecular flexibility index (Phi) is 3.19. The molecule has 0 radical (unpaired) electrons. The van der Waals surface area contributed by atoms with Gasteiger partial charge in [0.05, 0.1) is 5.69 Å². The maximum atomic E-state index is 11.5. The highest BCUT2D eigenvalue weighted by atomic mass is 16.5. The average Bonchev–Trinajstić information content (AvgIpc) is 2.74. The Balaban J connectivity index is 1.84. The molecule has 2 amide bonds. The van der Waals surface area contributed by atoms with Crippen LogP contribution in [0.15, 0.2) is 18.5 Å². The predicted octanol–water partition coefficient (Wildman–Crippen LogP) is 0.779. The van der Waals surface area contributed by atoms with Gasteiger partial charge >= 0.3 is 6.03 Å². The van der Waals surface area contributed by atoms with Gasteiger partial charge in [-0.15, -0.1) is 0 Å². The van der Waals surface area contributed by atoms with Gasteiger partial charge in [-0.05, 0) is 12.8 Å². The van der Waals surface area contributed by atoms with Crippen LogP contribution in [-0.4, -0.2) is 17.2 Å². The molecule has 1 saturated carbocycles. The summed E-state index contributed by atoms with van der Waals surface area (Å²) < 4.78 is 0. The van der Waals surface area contributed by atoms with E-state index < -0.39 is 0 Å². The van der Waals surface area contributed by atoms with Crippen LogP contribution in [-0.2, 0) is 0 Å². The first-order valence-corrected chi connectivity index (χ1v) is 5.37. The zero-order chi connectivity index (χ0) is 11.4. The van der Waals surface area contributed by atoms with Crippen molar-refractivity contribution in [1.29, 1.82) is 0 Å². The van der Waals surface area contributed by atoms with Crippen LogP contribution in [0.2, 0.25) is 0 Å². The fraction of sp³-hybridized carbons (Fsp3) is 0.500. The summed E-state index contributed by atoms with van der Waals surface area (Å²) in [5, 5.41) is 19.7. The second-order valence-corrected chi connectivity index (χ2v) is 3.90. The Labute approximate surface area is 93.2 Å². The van der Waals surface area contributed by atoms with Crippen molar-refractivity contribution in [3.8, 4) is 0 Å². The van der Waals surface area contributed by atoms with Gasteiger partial charge in [0.1, 0.15) is 6.20 Å². The molecule has 6 nitrogen and oxygen atoms in total. The minimum atomic E-state index is -0.239. The van der Waals surface area contributed by atoms with E-state index in [1.165, 1.54) is 31.3 Å². The highest BCUT2D eigenvalue weighted by molar-refractivity contribution is 5.89. The van der Waals surface area contributed by atoms with E-state index in [2.05, 4.69) is 15.7 Å². The van der Waals surface area contributed by atoms with E-state index in [0.717, 1.165) is 12.8 Å². The Hall–Kier alpha value is -1.85. The average molecular weight is 222 g/mol. The summed E-state index contributed by atoms with van der Waals surface area (Å²) in [6.45, 7) is 0. The zero-order valence-corrected chi connectivity index (χ0v) is 8.85. The fourth-order valence-electron chi connectivity index (χ4n) is 1.84. The molecule has 0 atom stereocenters. The maximum absolute atomic E-state index is 11.5. The van der Waals surface area contributed by atoms with Crippen LogP contribution in [0.5, 0.6) is 0 Å². The van der Waals surface area contributed by atoms with Gasteiger partial charge in [0.15, 0.2) is 0 Å². The van der Waals surface area contributed by atoms with Crippen molar-refractivity contribution in [2.24, 2.45) is 0 Å². The predicted molar refractivity (Wildman–Crippen MR) is 57.6 cm³/mol. The van der Waals surface area contributed by atoms with E-state index in [-0.39, 0.29) is 12.1 Å². The summed E-state index contributed by atoms with van der Waals surface area (Å²) in [6, 6.07) is 1.55. The van der Waals surface area contributed by atoms with Crippen LogP contribution in [0.25, 0.3) is 0 Å². The SMILES string of the molecule is O=C(Nc1cc[n+]([O-])nc1)NC1CCCC1. The molecule has 1 aromatic heterocycles. The van der Waals surface area contributed by atoms with Crippen molar-refractivity contribution in [3.63, 3.8) is 0 Å². The van der Waals surface area contributed by atoms with Crippen LogP contribution in [0, 0.1) is 5.21 Å². The lowest BCUT2D eigenvalue weighted by Crippen LogP contribution is -2.36. The van der Waals surface area contributed by atoms with E-state index in [1.54, 1.807) is 0 Å². The van der Waals surface area contributed by atoms with Crippen molar-refractivity contribution in [1.82, 2.24) is 10.4 Å². The Morgan fingerprint density at radius 2 is 2.25 bits per heavy atom. The molecule has 6 heteroatoms. The minimum Gasteiger partial charge on any atom is -0.594 e. The summed E-state index contributed by atoms with van der Waals surface area (Å²) in [7, 11) is 0. The molecule has 0 unspecified atom stereocenters. The van der Waals surface area contributed by atoms with Gasteiger partial charge in [-0.3, -0.25) is 0 Å². The smallest absolute Gasteiger partial charge is 0.319 e. The number of aromatic nitrogens is 2. The van der Waals surface area contributed by atoms with E-state index in [0.29, 0.717) is 10.5 Å².